The standard InChI is InChI=1S/C6H12O5/c7-2-4-6(10)3(8)1-5(9)11-4/h3-10H,1-2H2/t3?,4?,5?,6-/m0/s1. The molecule has 5 heteroatoms. The molecule has 0 aromatic carbocycles. The van der Waals surface area contributed by atoms with Crippen molar-refractivity contribution < 1.29 is 25.2 Å². The van der Waals surface area contributed by atoms with Crippen LogP contribution in [0.5, 0.6) is 0 Å². The van der Waals surface area contributed by atoms with Crippen LogP contribution < -0.4 is 0 Å². The Morgan fingerprint density at radius 3 is 2.45 bits per heavy atom. The quantitative estimate of drug-likeness (QED) is 0.353. The van der Waals surface area contributed by atoms with Gasteiger partial charge in [0.05, 0.1) is 12.7 Å². The number of aliphatic hydroxyl groups is 4. The van der Waals surface area contributed by atoms with Gasteiger partial charge in [0.15, 0.2) is 6.29 Å². The highest BCUT2D eigenvalue weighted by atomic mass is 16.6. The van der Waals surface area contributed by atoms with E-state index < -0.39 is 31.2 Å². The van der Waals surface area contributed by atoms with Gasteiger partial charge in [-0.05, 0) is 0 Å². The molecule has 0 aromatic heterocycles. The molecule has 11 heavy (non-hydrogen) atoms. The molecule has 0 spiro atoms. The van der Waals surface area contributed by atoms with Gasteiger partial charge in [0, 0.05) is 6.42 Å². The highest BCUT2D eigenvalue weighted by Crippen LogP contribution is 2.18. The smallest absolute Gasteiger partial charge is 0.157 e. The van der Waals surface area contributed by atoms with E-state index in [1.165, 1.54) is 0 Å². The molecule has 0 radical (unpaired) electrons. The minimum Gasteiger partial charge on any atom is -0.394 e. The van der Waals surface area contributed by atoms with Gasteiger partial charge in [-0.1, -0.05) is 0 Å². The van der Waals surface area contributed by atoms with E-state index in [1.807, 2.05) is 0 Å². The summed E-state index contributed by atoms with van der Waals surface area (Å²) in [6, 6.07) is 0. The molecule has 1 heterocycles. The van der Waals surface area contributed by atoms with Crippen LogP contribution in [-0.4, -0.2) is 51.6 Å². The Morgan fingerprint density at radius 1 is 1.27 bits per heavy atom. The molecule has 1 saturated heterocycles. The van der Waals surface area contributed by atoms with Gasteiger partial charge in [-0.3, -0.25) is 0 Å². The second-order valence-electron chi connectivity index (χ2n) is 2.61. The number of hydrogen-bond donors (Lipinski definition) is 4. The van der Waals surface area contributed by atoms with Crippen LogP contribution in [0.15, 0.2) is 0 Å². The first kappa shape index (κ1) is 8.89. The van der Waals surface area contributed by atoms with Gasteiger partial charge in [0.25, 0.3) is 0 Å². The summed E-state index contributed by atoms with van der Waals surface area (Å²) in [6.45, 7) is -0.407. The van der Waals surface area contributed by atoms with Crippen LogP contribution in [0, 0.1) is 0 Å². The first-order valence-electron chi connectivity index (χ1n) is 3.45. The molecule has 4 N–H and O–H groups in total. The third-order valence-electron chi connectivity index (χ3n) is 1.73. The van der Waals surface area contributed by atoms with E-state index in [-0.39, 0.29) is 6.42 Å². The van der Waals surface area contributed by atoms with E-state index in [0.29, 0.717) is 0 Å². The number of hydrogen-bond acceptors (Lipinski definition) is 5. The Bertz CT molecular complexity index is 128. The minimum atomic E-state index is -1.11. The molecule has 0 bridgehead atoms. The molecule has 3 unspecified atom stereocenters. The van der Waals surface area contributed by atoms with Crippen LogP contribution in [0.3, 0.4) is 0 Å². The summed E-state index contributed by atoms with van der Waals surface area (Å²) in [5.41, 5.74) is 0. The van der Waals surface area contributed by atoms with Crippen molar-refractivity contribution in [2.24, 2.45) is 0 Å². The lowest BCUT2D eigenvalue weighted by atomic mass is 10.0. The Hall–Kier alpha value is -0.200. The van der Waals surface area contributed by atoms with Gasteiger partial charge in [0.2, 0.25) is 0 Å². The van der Waals surface area contributed by atoms with Crippen molar-refractivity contribution in [3.63, 3.8) is 0 Å². The van der Waals surface area contributed by atoms with Crippen molar-refractivity contribution in [1.29, 1.82) is 0 Å². The lowest BCUT2D eigenvalue weighted by molar-refractivity contribution is -0.239. The maximum atomic E-state index is 9.11. The molecule has 1 aliphatic rings. The summed E-state index contributed by atoms with van der Waals surface area (Å²) < 4.78 is 4.71. The van der Waals surface area contributed by atoms with E-state index in [9.17, 15) is 0 Å². The van der Waals surface area contributed by atoms with Crippen LogP contribution in [0.4, 0.5) is 0 Å². The normalized spacial score (nSPS) is 45.8. The van der Waals surface area contributed by atoms with Crippen LogP contribution >= 0.6 is 0 Å². The molecule has 1 aliphatic heterocycles. The van der Waals surface area contributed by atoms with Gasteiger partial charge in [-0.2, -0.15) is 0 Å². The van der Waals surface area contributed by atoms with Crippen LogP contribution in [0.25, 0.3) is 0 Å². The fourth-order valence-electron chi connectivity index (χ4n) is 1.08. The second kappa shape index (κ2) is 3.46. The second-order valence-corrected chi connectivity index (χ2v) is 2.61. The Labute approximate surface area is 63.8 Å². The number of aliphatic hydroxyl groups excluding tert-OH is 4. The molecule has 66 valence electrons. The number of ether oxygens (including phenoxy) is 1. The van der Waals surface area contributed by atoms with Crippen molar-refractivity contribution in [3.05, 3.63) is 0 Å². The molecule has 4 atom stereocenters. The monoisotopic (exact) mass is 164 g/mol. The Balaban J connectivity index is 2.51. The number of rotatable bonds is 1. The van der Waals surface area contributed by atoms with E-state index in [1.54, 1.807) is 0 Å². The van der Waals surface area contributed by atoms with Crippen molar-refractivity contribution in [2.45, 2.75) is 31.0 Å². The first-order chi connectivity index (χ1) is 5.15. The zero-order chi connectivity index (χ0) is 8.43. The summed E-state index contributed by atoms with van der Waals surface area (Å²) in [4.78, 5) is 0. The summed E-state index contributed by atoms with van der Waals surface area (Å²) >= 11 is 0. The molecule has 0 amide bonds. The summed E-state index contributed by atoms with van der Waals surface area (Å²) in [7, 11) is 0. The third kappa shape index (κ3) is 1.88. The van der Waals surface area contributed by atoms with E-state index in [2.05, 4.69) is 0 Å². The van der Waals surface area contributed by atoms with Gasteiger partial charge in [-0.15, -0.1) is 0 Å². The molecule has 0 saturated carbocycles. The highest BCUT2D eigenvalue weighted by molar-refractivity contribution is 4.81. The molecular formula is C6H12O5. The molecule has 0 aliphatic carbocycles. The lowest BCUT2D eigenvalue weighted by Gasteiger charge is -2.33. The third-order valence-corrected chi connectivity index (χ3v) is 1.73. The highest BCUT2D eigenvalue weighted by Gasteiger charge is 2.35. The minimum absolute atomic E-state index is 0.0162. The van der Waals surface area contributed by atoms with Gasteiger partial charge in [-0.25, -0.2) is 0 Å². The lowest BCUT2D eigenvalue weighted by Crippen LogP contribution is -2.49. The SMILES string of the molecule is OCC1OC(O)CC(O)[C@@H]1O. The largest absolute Gasteiger partial charge is 0.394 e. The zero-order valence-corrected chi connectivity index (χ0v) is 5.92. The Kier molecular flexibility index (Phi) is 2.80. The van der Waals surface area contributed by atoms with Gasteiger partial charge in [0.1, 0.15) is 12.2 Å². The molecule has 5 nitrogen and oxygen atoms in total. The summed E-state index contributed by atoms with van der Waals surface area (Å²) in [6.07, 6.45) is -4.11. The van der Waals surface area contributed by atoms with Crippen molar-refractivity contribution in [1.82, 2.24) is 0 Å². The van der Waals surface area contributed by atoms with Crippen molar-refractivity contribution >= 4 is 0 Å². The fourth-order valence-corrected chi connectivity index (χ4v) is 1.08. The predicted molar refractivity (Wildman–Crippen MR) is 34.6 cm³/mol. The van der Waals surface area contributed by atoms with Crippen molar-refractivity contribution in [2.75, 3.05) is 6.61 Å². The van der Waals surface area contributed by atoms with E-state index >= 15 is 0 Å². The predicted octanol–water partition coefficient (Wildman–Crippen LogP) is -2.19. The molecule has 0 aromatic rings. The fraction of sp³-hybridized carbons (Fsp3) is 1.00. The van der Waals surface area contributed by atoms with Crippen LogP contribution in [-0.2, 0) is 4.74 Å². The van der Waals surface area contributed by atoms with E-state index in [4.69, 9.17) is 25.2 Å². The molecular weight excluding hydrogens is 152 g/mol. The van der Waals surface area contributed by atoms with Crippen LogP contribution in [0.1, 0.15) is 6.42 Å². The van der Waals surface area contributed by atoms with Crippen molar-refractivity contribution in [3.8, 4) is 0 Å². The van der Waals surface area contributed by atoms with Gasteiger partial charge < -0.3 is 25.2 Å². The maximum absolute atomic E-state index is 9.11. The Morgan fingerprint density at radius 2 is 1.91 bits per heavy atom. The van der Waals surface area contributed by atoms with E-state index in [0.717, 1.165) is 0 Å². The zero-order valence-electron chi connectivity index (χ0n) is 5.92. The summed E-state index contributed by atoms with van der Waals surface area (Å²) in [5, 5.41) is 35.6. The average molecular weight is 164 g/mol. The van der Waals surface area contributed by atoms with Gasteiger partial charge >= 0.3 is 0 Å². The maximum Gasteiger partial charge on any atom is 0.157 e. The van der Waals surface area contributed by atoms with Crippen LogP contribution in [0.2, 0.25) is 0 Å². The summed E-state index contributed by atoms with van der Waals surface area (Å²) in [5.74, 6) is 0. The topological polar surface area (TPSA) is 90.2 Å². The average Bonchev–Trinajstić information content (AvgIpc) is 1.96. The first-order valence-corrected chi connectivity index (χ1v) is 3.45. The molecule has 1 rings (SSSR count). The molecule has 1 fully saturated rings.